The molecular weight excluding hydrogens is 752 g/mol. The van der Waals surface area contributed by atoms with Crippen LogP contribution in [0.15, 0.2) is 170 Å². The van der Waals surface area contributed by atoms with Crippen molar-refractivity contribution in [2.45, 2.75) is 61.7 Å². The van der Waals surface area contributed by atoms with Gasteiger partial charge < -0.3 is 18.9 Å². The van der Waals surface area contributed by atoms with Crippen molar-refractivity contribution >= 4 is 44.8 Å². The van der Waals surface area contributed by atoms with Crippen molar-refractivity contribution in [2.75, 3.05) is 6.61 Å². The molecule has 0 unspecified atom stereocenters. The Kier molecular flexibility index (Phi) is 13.3. The Labute approximate surface area is 343 Å². The zero-order chi connectivity index (χ0) is 37.9. The van der Waals surface area contributed by atoms with Gasteiger partial charge >= 0.3 is 0 Å². The number of hydrogen-bond acceptors (Lipinski definition) is 6. The van der Waals surface area contributed by atoms with Gasteiger partial charge in [-0.05, 0) is 57.0 Å². The molecule has 2 heterocycles. The Morgan fingerprint density at radius 3 is 1.61 bits per heavy atom. The van der Waals surface area contributed by atoms with Crippen molar-refractivity contribution in [3.8, 4) is 0 Å². The van der Waals surface area contributed by atoms with Crippen molar-refractivity contribution in [1.82, 2.24) is 0 Å². The molecule has 0 spiro atoms. The third kappa shape index (κ3) is 10.0. The minimum Gasteiger partial charge on any atom is -0.376 e. The van der Waals surface area contributed by atoms with E-state index in [-0.39, 0.29) is 22.7 Å². The van der Waals surface area contributed by atoms with Crippen molar-refractivity contribution in [3.63, 3.8) is 0 Å². The van der Waals surface area contributed by atoms with Gasteiger partial charge in [-0.2, -0.15) is 0 Å². The van der Waals surface area contributed by atoms with Gasteiger partial charge in [-0.3, -0.25) is 0 Å². The Balaban J connectivity index is 1.16. The summed E-state index contributed by atoms with van der Waals surface area (Å²) in [5, 5.41) is 1.86. The van der Waals surface area contributed by atoms with Gasteiger partial charge in [0.2, 0.25) is 0 Å². The molecule has 0 N–H and O–H groups in total. The van der Waals surface area contributed by atoms with E-state index in [1.807, 2.05) is 53.4 Å². The van der Waals surface area contributed by atoms with E-state index < -0.39 is 6.10 Å². The predicted molar refractivity (Wildman–Crippen MR) is 231 cm³/mol. The second-order valence-electron chi connectivity index (χ2n) is 14.2. The van der Waals surface area contributed by atoms with Crippen molar-refractivity contribution in [3.05, 3.63) is 213 Å². The molecule has 1 aliphatic heterocycles. The highest BCUT2D eigenvalue weighted by atomic mass is 35.5. The van der Waals surface area contributed by atoms with Gasteiger partial charge in [0.25, 0.3) is 0 Å². The van der Waals surface area contributed by atoms with Gasteiger partial charge in [0.1, 0.15) is 18.3 Å². The van der Waals surface area contributed by atoms with Crippen LogP contribution in [0.25, 0.3) is 10.1 Å². The Hall–Kier alpha value is -4.24. The second-order valence-corrected chi connectivity index (χ2v) is 17.1. The molecule has 1 fully saturated rings. The summed E-state index contributed by atoms with van der Waals surface area (Å²) in [6, 6.07) is 58.7. The minimum absolute atomic E-state index is 0.0634. The number of hydrogen-bond donors (Lipinski definition) is 0. The molecule has 284 valence electrons. The number of ether oxygens (including phenoxy) is 4. The lowest BCUT2D eigenvalue weighted by molar-refractivity contribution is -0.160. The van der Waals surface area contributed by atoms with Gasteiger partial charge in [-0.1, -0.05) is 163 Å². The lowest BCUT2D eigenvalue weighted by Crippen LogP contribution is -2.54. The molecule has 0 bridgehead atoms. The highest BCUT2D eigenvalue weighted by Crippen LogP contribution is 2.48. The van der Waals surface area contributed by atoms with E-state index in [2.05, 4.69) is 140 Å². The maximum absolute atomic E-state index is 7.07. The zero-order valence-electron chi connectivity index (χ0n) is 31.1. The maximum Gasteiger partial charge on any atom is 0.113 e. The van der Waals surface area contributed by atoms with E-state index in [1.54, 1.807) is 0 Å². The number of thioether (sulfide) groups is 1. The molecule has 0 saturated carbocycles. The van der Waals surface area contributed by atoms with Crippen LogP contribution in [-0.4, -0.2) is 30.2 Å². The topological polar surface area (TPSA) is 36.9 Å². The van der Waals surface area contributed by atoms with Crippen LogP contribution in [0.1, 0.15) is 43.5 Å². The van der Waals surface area contributed by atoms with Crippen LogP contribution >= 0.6 is 34.7 Å². The first kappa shape index (κ1) is 38.6. The molecule has 6 aromatic carbocycles. The third-order valence-corrected chi connectivity index (χ3v) is 13.2. The molecule has 4 nitrogen and oxygen atoms in total. The lowest BCUT2D eigenvalue weighted by atomic mass is 9.94. The summed E-state index contributed by atoms with van der Waals surface area (Å²) in [6.45, 7) is 2.31. The van der Waals surface area contributed by atoms with E-state index in [4.69, 9.17) is 30.5 Å². The Morgan fingerprint density at radius 1 is 0.500 bits per heavy atom. The molecule has 5 atom stereocenters. The quantitative estimate of drug-likeness (QED) is 0.0973. The lowest BCUT2D eigenvalue weighted by Gasteiger charge is -2.46. The van der Waals surface area contributed by atoms with E-state index in [0.717, 1.165) is 44.8 Å². The average molecular weight is 797 g/mol. The third-order valence-electron chi connectivity index (χ3n) is 10.1. The molecule has 0 radical (unpaired) electrons. The van der Waals surface area contributed by atoms with Gasteiger partial charge in [0.15, 0.2) is 0 Å². The SMILES string of the molecule is Clc1ccc([C@@H]2S[C@H](COCc3ccccc3)[C@@H](OCc3ccccc3)[C@H](OCc3ccccc3)[C@H]2OCc2ccccc2)cc1Cc1cc2ccccc2s1. The van der Waals surface area contributed by atoms with E-state index in [1.165, 1.54) is 15.0 Å². The minimum atomic E-state index is -0.416. The Morgan fingerprint density at radius 2 is 1.02 bits per heavy atom. The standard InChI is InChI=1S/C49H45ClO4S2/c50-43-26-25-40(27-41(43)29-42-28-39-23-13-14-24-44(39)55-42)49-48(54-33-38-21-11-4-12-22-38)47(53-32-37-19-9-3-10-20-37)46(52-31-36-17-7-2-8-18-36)45(56-49)34-51-30-35-15-5-1-6-16-35/h1-28,45-49H,29-34H2/t45-,46-,47+,48-,49+/m1/s1. The summed E-state index contributed by atoms with van der Waals surface area (Å²) >= 11 is 10.7. The molecule has 1 aromatic heterocycles. The average Bonchev–Trinajstić information content (AvgIpc) is 3.66. The number of benzene rings is 6. The number of rotatable bonds is 16. The van der Waals surface area contributed by atoms with Gasteiger partial charge in [-0.15, -0.1) is 23.1 Å². The predicted octanol–water partition coefficient (Wildman–Crippen LogP) is 12.3. The van der Waals surface area contributed by atoms with E-state index in [9.17, 15) is 0 Å². The summed E-state index contributed by atoms with van der Waals surface area (Å²) < 4.78 is 28.9. The molecule has 1 saturated heterocycles. The monoisotopic (exact) mass is 796 g/mol. The van der Waals surface area contributed by atoms with Crippen LogP contribution in [0.5, 0.6) is 0 Å². The maximum atomic E-state index is 7.07. The van der Waals surface area contributed by atoms with Crippen molar-refractivity contribution in [2.24, 2.45) is 0 Å². The first-order chi connectivity index (χ1) is 27.7. The fourth-order valence-electron chi connectivity index (χ4n) is 7.28. The van der Waals surface area contributed by atoms with Gasteiger partial charge in [0, 0.05) is 21.0 Å². The summed E-state index contributed by atoms with van der Waals surface area (Å²) in [4.78, 5) is 1.28. The molecule has 0 aliphatic carbocycles. The molecule has 7 heteroatoms. The Bertz CT molecular complexity index is 2220. The smallest absolute Gasteiger partial charge is 0.113 e. The molecule has 7 aromatic rings. The van der Waals surface area contributed by atoms with Crippen LogP contribution in [0, 0.1) is 0 Å². The molecule has 0 amide bonds. The second kappa shape index (κ2) is 19.3. The highest BCUT2D eigenvalue weighted by molar-refractivity contribution is 8.00. The van der Waals surface area contributed by atoms with Crippen molar-refractivity contribution < 1.29 is 18.9 Å². The zero-order valence-corrected chi connectivity index (χ0v) is 33.5. The van der Waals surface area contributed by atoms with Crippen LogP contribution in [0.2, 0.25) is 5.02 Å². The van der Waals surface area contributed by atoms with Crippen LogP contribution < -0.4 is 0 Å². The first-order valence-corrected chi connectivity index (χ1v) is 21.3. The van der Waals surface area contributed by atoms with E-state index in [0.29, 0.717) is 33.0 Å². The van der Waals surface area contributed by atoms with E-state index >= 15 is 0 Å². The summed E-state index contributed by atoms with van der Waals surface area (Å²) in [5.41, 5.74) is 6.69. The summed E-state index contributed by atoms with van der Waals surface area (Å²) in [6.07, 6.45) is -0.351. The molecule has 8 rings (SSSR count). The fraction of sp³-hybridized carbons (Fsp3) is 0.224. The molecule has 56 heavy (non-hydrogen) atoms. The largest absolute Gasteiger partial charge is 0.376 e. The first-order valence-electron chi connectivity index (χ1n) is 19.2. The van der Waals surface area contributed by atoms with Crippen molar-refractivity contribution in [1.29, 1.82) is 0 Å². The van der Waals surface area contributed by atoms with Gasteiger partial charge in [0.05, 0.1) is 43.5 Å². The molecular formula is C49H45ClO4S2. The van der Waals surface area contributed by atoms with Crippen LogP contribution in [-0.2, 0) is 51.8 Å². The van der Waals surface area contributed by atoms with Crippen LogP contribution in [0.4, 0.5) is 0 Å². The number of fused-ring (bicyclic) bond motifs is 1. The number of halogens is 1. The molecule has 1 aliphatic rings. The number of thiophene rings is 1. The van der Waals surface area contributed by atoms with Gasteiger partial charge in [-0.25, -0.2) is 0 Å². The van der Waals surface area contributed by atoms with Crippen LogP contribution in [0.3, 0.4) is 0 Å². The summed E-state index contributed by atoms with van der Waals surface area (Å²) in [5.74, 6) is 0. The normalized spacial score (nSPS) is 19.6. The summed E-state index contributed by atoms with van der Waals surface area (Å²) in [7, 11) is 0. The highest BCUT2D eigenvalue weighted by Gasteiger charge is 2.48. The fourth-order valence-corrected chi connectivity index (χ4v) is 10.2.